The summed E-state index contributed by atoms with van der Waals surface area (Å²) in [6.45, 7) is 3.75. The molecule has 0 unspecified atom stereocenters. The minimum atomic E-state index is -0.487. The summed E-state index contributed by atoms with van der Waals surface area (Å²) >= 11 is 1.37. The number of imide groups is 1. The molecule has 2 heterocycles. The number of hydrogen-bond donors (Lipinski definition) is 1. The van der Waals surface area contributed by atoms with Gasteiger partial charge >= 0.3 is 0 Å². The first kappa shape index (κ1) is 20.8. The van der Waals surface area contributed by atoms with Crippen molar-refractivity contribution in [3.05, 3.63) is 88.0 Å². The van der Waals surface area contributed by atoms with E-state index in [1.165, 1.54) is 17.4 Å². The smallest absolute Gasteiger partial charge is 0.278 e. The third kappa shape index (κ3) is 4.36. The number of thiophene rings is 1. The largest absolute Gasteiger partial charge is 0.491 e. The molecule has 1 aliphatic rings. The number of benzene rings is 2. The molecule has 7 heteroatoms. The fourth-order valence-corrected chi connectivity index (χ4v) is 4.08. The summed E-state index contributed by atoms with van der Waals surface area (Å²) in [6.07, 6.45) is 0.0490. The molecule has 0 radical (unpaired) electrons. The lowest BCUT2D eigenvalue weighted by atomic mass is 10.1. The molecule has 5 nitrogen and oxygen atoms in total. The van der Waals surface area contributed by atoms with Gasteiger partial charge in [0.05, 0.1) is 18.2 Å². The minimum absolute atomic E-state index is 0.0490. The van der Waals surface area contributed by atoms with Crippen molar-refractivity contribution in [2.24, 2.45) is 0 Å². The highest BCUT2D eigenvalue weighted by Gasteiger charge is 2.40. The lowest BCUT2D eigenvalue weighted by Gasteiger charge is -2.16. The number of anilines is 1. The average Bonchev–Trinajstić information content (AvgIpc) is 3.34. The second kappa shape index (κ2) is 8.73. The van der Waals surface area contributed by atoms with Gasteiger partial charge in [0.15, 0.2) is 0 Å². The number of rotatable bonds is 7. The number of nitrogens with one attached hydrogen (secondary N) is 1. The quantitative estimate of drug-likeness (QED) is 0.526. The van der Waals surface area contributed by atoms with Gasteiger partial charge in [0, 0.05) is 16.1 Å². The molecular formula is C24H21FN2O3S. The molecular weight excluding hydrogens is 415 g/mol. The first-order chi connectivity index (χ1) is 14.9. The van der Waals surface area contributed by atoms with Crippen LogP contribution in [0, 0.1) is 5.82 Å². The molecule has 1 N–H and O–H groups in total. The Morgan fingerprint density at radius 2 is 1.74 bits per heavy atom. The fourth-order valence-electron chi connectivity index (χ4n) is 3.32. The second-order valence-electron chi connectivity index (χ2n) is 7.33. The van der Waals surface area contributed by atoms with Gasteiger partial charge in [-0.2, -0.15) is 0 Å². The van der Waals surface area contributed by atoms with Gasteiger partial charge in [0.2, 0.25) is 0 Å². The van der Waals surface area contributed by atoms with E-state index in [4.69, 9.17) is 4.74 Å². The zero-order valence-corrected chi connectivity index (χ0v) is 17.9. The van der Waals surface area contributed by atoms with Crippen LogP contribution in [0.3, 0.4) is 0 Å². The van der Waals surface area contributed by atoms with Crippen molar-refractivity contribution in [1.29, 1.82) is 0 Å². The predicted molar refractivity (Wildman–Crippen MR) is 119 cm³/mol. The summed E-state index contributed by atoms with van der Waals surface area (Å²) in [5, 5.41) is 4.94. The number of carbonyl (C=O) groups excluding carboxylic acids is 2. The van der Waals surface area contributed by atoms with Crippen LogP contribution in [-0.4, -0.2) is 22.8 Å². The van der Waals surface area contributed by atoms with Gasteiger partial charge in [0.1, 0.15) is 17.3 Å². The normalized spacial score (nSPS) is 14.0. The lowest BCUT2D eigenvalue weighted by Crippen LogP contribution is -2.32. The molecule has 31 heavy (non-hydrogen) atoms. The summed E-state index contributed by atoms with van der Waals surface area (Å²) in [4.78, 5) is 28.1. The third-order valence-corrected chi connectivity index (χ3v) is 5.60. The highest BCUT2D eigenvalue weighted by Crippen LogP contribution is 2.34. The first-order valence-electron chi connectivity index (χ1n) is 9.85. The van der Waals surface area contributed by atoms with Crippen molar-refractivity contribution in [3.8, 4) is 5.75 Å². The van der Waals surface area contributed by atoms with Crippen LogP contribution >= 0.6 is 11.3 Å². The van der Waals surface area contributed by atoms with Gasteiger partial charge in [-0.3, -0.25) is 14.5 Å². The van der Waals surface area contributed by atoms with Gasteiger partial charge in [-0.1, -0.05) is 24.3 Å². The Bertz CT molecular complexity index is 1140. The topological polar surface area (TPSA) is 58.6 Å². The van der Waals surface area contributed by atoms with Crippen LogP contribution in [0.1, 0.15) is 24.3 Å². The molecule has 158 valence electrons. The molecule has 0 aliphatic carbocycles. The highest BCUT2D eigenvalue weighted by molar-refractivity contribution is 7.11. The number of hydrogen-bond acceptors (Lipinski definition) is 5. The lowest BCUT2D eigenvalue weighted by molar-refractivity contribution is -0.137. The third-order valence-electron chi connectivity index (χ3n) is 4.72. The molecule has 0 bridgehead atoms. The molecule has 1 aromatic heterocycles. The second-order valence-corrected chi connectivity index (χ2v) is 8.28. The van der Waals surface area contributed by atoms with E-state index in [1.807, 2.05) is 25.3 Å². The Hall–Kier alpha value is -3.45. The van der Waals surface area contributed by atoms with E-state index in [-0.39, 0.29) is 23.9 Å². The van der Waals surface area contributed by atoms with E-state index < -0.39 is 17.6 Å². The van der Waals surface area contributed by atoms with Crippen molar-refractivity contribution >= 4 is 34.4 Å². The van der Waals surface area contributed by atoms with Crippen LogP contribution < -0.4 is 10.1 Å². The van der Waals surface area contributed by atoms with Crippen LogP contribution in [0.5, 0.6) is 5.75 Å². The minimum Gasteiger partial charge on any atom is -0.491 e. The Balaban J connectivity index is 1.65. The Labute approximate surface area is 183 Å². The van der Waals surface area contributed by atoms with Crippen molar-refractivity contribution in [2.45, 2.75) is 26.5 Å². The fraction of sp³-hybridized carbons (Fsp3) is 0.167. The molecule has 4 rings (SSSR count). The van der Waals surface area contributed by atoms with Gasteiger partial charge in [-0.15, -0.1) is 11.3 Å². The van der Waals surface area contributed by atoms with E-state index in [2.05, 4.69) is 5.32 Å². The summed E-state index contributed by atoms with van der Waals surface area (Å²) in [5.41, 5.74) is 1.40. The Morgan fingerprint density at radius 3 is 2.39 bits per heavy atom. The van der Waals surface area contributed by atoms with Crippen molar-refractivity contribution in [2.75, 3.05) is 5.32 Å². The Morgan fingerprint density at radius 1 is 1.00 bits per heavy atom. The molecule has 1 aliphatic heterocycles. The highest BCUT2D eigenvalue weighted by atomic mass is 32.1. The molecule has 0 saturated carbocycles. The SMILES string of the molecule is CC(C)Oc1ccc(NC2=C(c3cccs3)C(=O)N(Cc3ccccc3F)C2=O)cc1. The standard InChI is InChI=1S/C24H21FN2O3S/c1-15(2)30-18-11-9-17(10-12-18)26-22-21(20-8-5-13-31-20)23(28)27(24(22)29)14-16-6-3-4-7-19(16)25/h3-13,15,26H,14H2,1-2H3. The number of amides is 2. The van der Waals surface area contributed by atoms with Crippen LogP contribution in [0.2, 0.25) is 0 Å². The average molecular weight is 437 g/mol. The number of halogens is 1. The van der Waals surface area contributed by atoms with Crippen LogP contribution in [0.4, 0.5) is 10.1 Å². The van der Waals surface area contributed by atoms with Crippen LogP contribution in [-0.2, 0) is 16.1 Å². The van der Waals surface area contributed by atoms with Gasteiger partial charge in [-0.05, 0) is 55.6 Å². The van der Waals surface area contributed by atoms with Crippen LogP contribution in [0.15, 0.2) is 71.7 Å². The van der Waals surface area contributed by atoms with Crippen LogP contribution in [0.25, 0.3) is 5.57 Å². The molecule has 2 amide bonds. The maximum absolute atomic E-state index is 14.2. The predicted octanol–water partition coefficient (Wildman–Crippen LogP) is 5.07. The summed E-state index contributed by atoms with van der Waals surface area (Å²) in [5.74, 6) is -0.678. The van der Waals surface area contributed by atoms with E-state index in [0.29, 0.717) is 21.9 Å². The maximum Gasteiger partial charge on any atom is 0.278 e. The van der Waals surface area contributed by atoms with E-state index in [9.17, 15) is 14.0 Å². The molecule has 0 fully saturated rings. The van der Waals surface area contributed by atoms with Crippen molar-refractivity contribution in [3.63, 3.8) is 0 Å². The number of nitrogens with zero attached hydrogens (tertiary/aromatic N) is 1. The maximum atomic E-state index is 14.2. The summed E-state index contributed by atoms with van der Waals surface area (Å²) in [7, 11) is 0. The molecule has 2 aromatic carbocycles. The van der Waals surface area contributed by atoms with Gasteiger partial charge in [0.25, 0.3) is 11.8 Å². The van der Waals surface area contributed by atoms with E-state index in [1.54, 1.807) is 48.5 Å². The van der Waals surface area contributed by atoms with Gasteiger partial charge < -0.3 is 10.1 Å². The van der Waals surface area contributed by atoms with E-state index >= 15 is 0 Å². The summed E-state index contributed by atoms with van der Waals surface area (Å²) < 4.78 is 19.8. The first-order valence-corrected chi connectivity index (χ1v) is 10.7. The number of carbonyl (C=O) groups is 2. The zero-order chi connectivity index (χ0) is 22.0. The molecule has 0 spiro atoms. The Kier molecular flexibility index (Phi) is 5.86. The van der Waals surface area contributed by atoms with Crippen molar-refractivity contribution < 1.29 is 18.7 Å². The summed E-state index contributed by atoms with van der Waals surface area (Å²) in [6, 6.07) is 16.9. The van der Waals surface area contributed by atoms with Crippen molar-refractivity contribution in [1.82, 2.24) is 4.90 Å². The van der Waals surface area contributed by atoms with Gasteiger partial charge in [-0.25, -0.2) is 4.39 Å². The number of ether oxygens (including phenoxy) is 1. The molecule has 0 atom stereocenters. The monoisotopic (exact) mass is 436 g/mol. The molecule has 3 aromatic rings. The zero-order valence-electron chi connectivity index (χ0n) is 17.1. The van der Waals surface area contributed by atoms with E-state index in [0.717, 1.165) is 4.90 Å². The molecule has 0 saturated heterocycles.